The third kappa shape index (κ3) is 2.08. The highest BCUT2D eigenvalue weighted by molar-refractivity contribution is 5.77. The van der Waals surface area contributed by atoms with Crippen LogP contribution < -0.4 is 0 Å². The van der Waals surface area contributed by atoms with Gasteiger partial charge < -0.3 is 4.74 Å². The molecule has 0 radical (unpaired) electrons. The minimum atomic E-state index is -0.204. The largest absolute Gasteiger partial charge is 0.465 e. The van der Waals surface area contributed by atoms with Crippen LogP contribution in [0.25, 0.3) is 0 Å². The fourth-order valence-corrected chi connectivity index (χ4v) is 4.09. The number of esters is 1. The minimum absolute atomic E-state index is 0.0639. The van der Waals surface area contributed by atoms with E-state index in [0.717, 1.165) is 24.7 Å². The molecule has 2 heteroatoms. The van der Waals surface area contributed by atoms with Crippen LogP contribution in [0.3, 0.4) is 0 Å². The number of ether oxygens (including phenoxy) is 1. The molecule has 2 aliphatic carbocycles. The molecular weight excluding hydrogens is 224 g/mol. The number of fused-ring (bicyclic) bond motifs is 2. The Morgan fingerprint density at radius 1 is 1.39 bits per heavy atom. The molecule has 0 aromatic rings. The van der Waals surface area contributed by atoms with Crippen molar-refractivity contribution in [1.29, 1.82) is 0 Å². The van der Waals surface area contributed by atoms with Gasteiger partial charge in [0, 0.05) is 0 Å². The molecule has 2 aliphatic rings. The molecule has 2 rings (SSSR count). The Morgan fingerprint density at radius 2 is 2.06 bits per heavy atom. The fourth-order valence-electron chi connectivity index (χ4n) is 4.09. The molecular formula is C16H28O2. The van der Waals surface area contributed by atoms with Gasteiger partial charge in [0.15, 0.2) is 0 Å². The first-order valence-electron chi connectivity index (χ1n) is 7.57. The van der Waals surface area contributed by atoms with E-state index in [0.29, 0.717) is 24.4 Å². The van der Waals surface area contributed by atoms with Crippen molar-refractivity contribution < 1.29 is 9.53 Å². The summed E-state index contributed by atoms with van der Waals surface area (Å²) < 4.78 is 5.58. The predicted molar refractivity (Wildman–Crippen MR) is 73.1 cm³/mol. The molecule has 2 bridgehead atoms. The molecule has 2 saturated carbocycles. The van der Waals surface area contributed by atoms with Crippen LogP contribution in [0.4, 0.5) is 0 Å². The molecule has 0 spiro atoms. The van der Waals surface area contributed by atoms with Crippen molar-refractivity contribution in [3.63, 3.8) is 0 Å². The lowest BCUT2D eigenvalue weighted by Crippen LogP contribution is -2.40. The van der Waals surface area contributed by atoms with Crippen LogP contribution in [0.2, 0.25) is 0 Å². The van der Waals surface area contributed by atoms with Gasteiger partial charge in [0.1, 0.15) is 0 Å². The molecule has 0 N–H and O–H groups in total. The first-order valence-corrected chi connectivity index (χ1v) is 7.57. The summed E-state index contributed by atoms with van der Waals surface area (Å²) in [4.78, 5) is 12.4. The zero-order chi connectivity index (χ0) is 13.5. The SMILES string of the molecule is CCC(C)COC(=O)C1(C)CC2CC1C(C)C2C. The Balaban J connectivity index is 1.99. The maximum Gasteiger partial charge on any atom is 0.312 e. The van der Waals surface area contributed by atoms with Crippen LogP contribution in [0, 0.1) is 35.0 Å². The predicted octanol–water partition coefficient (Wildman–Crippen LogP) is 3.89. The first kappa shape index (κ1) is 13.9. The Hall–Kier alpha value is -0.530. The van der Waals surface area contributed by atoms with E-state index in [-0.39, 0.29) is 11.4 Å². The van der Waals surface area contributed by atoms with Crippen molar-refractivity contribution in [1.82, 2.24) is 0 Å². The molecule has 0 aromatic carbocycles. The summed E-state index contributed by atoms with van der Waals surface area (Å²) >= 11 is 0. The number of carbonyl (C=O) groups is 1. The van der Waals surface area contributed by atoms with Crippen molar-refractivity contribution in [3.8, 4) is 0 Å². The summed E-state index contributed by atoms with van der Waals surface area (Å²) in [5.41, 5.74) is -0.204. The monoisotopic (exact) mass is 252 g/mol. The highest BCUT2D eigenvalue weighted by Crippen LogP contribution is 2.61. The molecule has 6 unspecified atom stereocenters. The minimum Gasteiger partial charge on any atom is -0.465 e. The number of rotatable bonds is 4. The highest BCUT2D eigenvalue weighted by Gasteiger charge is 2.59. The molecule has 2 nitrogen and oxygen atoms in total. The Labute approximate surface area is 111 Å². The van der Waals surface area contributed by atoms with E-state index in [2.05, 4.69) is 34.6 Å². The standard InChI is InChI=1S/C16H28O2/c1-6-10(2)9-18-15(17)16(5)8-13-7-14(16)12(4)11(13)3/h10-14H,6-9H2,1-5H3. The van der Waals surface area contributed by atoms with Crippen LogP contribution >= 0.6 is 0 Å². The van der Waals surface area contributed by atoms with Gasteiger partial charge in [-0.05, 0) is 49.4 Å². The molecule has 18 heavy (non-hydrogen) atoms. The smallest absolute Gasteiger partial charge is 0.312 e. The number of carbonyl (C=O) groups excluding carboxylic acids is 1. The summed E-state index contributed by atoms with van der Waals surface area (Å²) in [7, 11) is 0. The lowest BCUT2D eigenvalue weighted by atomic mass is 9.67. The van der Waals surface area contributed by atoms with Gasteiger partial charge in [-0.2, -0.15) is 0 Å². The highest BCUT2D eigenvalue weighted by atomic mass is 16.5. The Kier molecular flexibility index (Phi) is 3.75. The van der Waals surface area contributed by atoms with Gasteiger partial charge in [0.25, 0.3) is 0 Å². The first-order chi connectivity index (χ1) is 8.40. The topological polar surface area (TPSA) is 26.3 Å². The van der Waals surface area contributed by atoms with Crippen LogP contribution in [-0.2, 0) is 9.53 Å². The number of hydrogen-bond donors (Lipinski definition) is 0. The van der Waals surface area contributed by atoms with Crippen molar-refractivity contribution >= 4 is 5.97 Å². The van der Waals surface area contributed by atoms with Crippen molar-refractivity contribution in [3.05, 3.63) is 0 Å². The molecule has 6 atom stereocenters. The van der Waals surface area contributed by atoms with Gasteiger partial charge in [-0.3, -0.25) is 4.79 Å². The molecule has 0 aromatic heterocycles. The summed E-state index contributed by atoms with van der Waals surface area (Å²) in [6.45, 7) is 11.7. The van der Waals surface area contributed by atoms with Gasteiger partial charge in [-0.15, -0.1) is 0 Å². The second-order valence-corrected chi connectivity index (χ2v) is 7.05. The Bertz CT molecular complexity index is 323. The molecule has 2 fully saturated rings. The summed E-state index contributed by atoms with van der Waals surface area (Å²) in [5.74, 6) is 3.28. The maximum absolute atomic E-state index is 12.4. The second kappa shape index (κ2) is 4.86. The van der Waals surface area contributed by atoms with Crippen LogP contribution in [0.1, 0.15) is 53.9 Å². The van der Waals surface area contributed by atoms with Gasteiger partial charge in [0.2, 0.25) is 0 Å². The molecule has 104 valence electrons. The normalized spacial score (nSPS) is 44.1. The lowest BCUT2D eigenvalue weighted by Gasteiger charge is -2.38. The van der Waals surface area contributed by atoms with E-state index in [4.69, 9.17) is 4.74 Å². The van der Waals surface area contributed by atoms with Gasteiger partial charge >= 0.3 is 5.97 Å². The van der Waals surface area contributed by atoms with Crippen molar-refractivity contribution in [2.45, 2.75) is 53.9 Å². The van der Waals surface area contributed by atoms with E-state index in [1.807, 2.05) is 0 Å². The quantitative estimate of drug-likeness (QED) is 0.709. The second-order valence-electron chi connectivity index (χ2n) is 7.05. The Morgan fingerprint density at radius 3 is 2.56 bits per heavy atom. The lowest BCUT2D eigenvalue weighted by molar-refractivity contribution is -0.161. The van der Waals surface area contributed by atoms with E-state index in [1.165, 1.54) is 6.42 Å². The third-order valence-corrected chi connectivity index (χ3v) is 5.93. The zero-order valence-electron chi connectivity index (χ0n) is 12.5. The molecule has 0 aliphatic heterocycles. The average molecular weight is 252 g/mol. The van der Waals surface area contributed by atoms with E-state index in [9.17, 15) is 4.79 Å². The van der Waals surface area contributed by atoms with Crippen LogP contribution in [0.15, 0.2) is 0 Å². The molecule has 0 saturated heterocycles. The summed E-state index contributed by atoms with van der Waals surface area (Å²) in [5, 5.41) is 0. The average Bonchev–Trinajstić information content (AvgIpc) is 2.84. The summed E-state index contributed by atoms with van der Waals surface area (Å²) in [6, 6.07) is 0. The van der Waals surface area contributed by atoms with E-state index < -0.39 is 0 Å². The van der Waals surface area contributed by atoms with Crippen LogP contribution in [-0.4, -0.2) is 12.6 Å². The molecule has 0 amide bonds. The van der Waals surface area contributed by atoms with Gasteiger partial charge in [0.05, 0.1) is 12.0 Å². The van der Waals surface area contributed by atoms with E-state index in [1.54, 1.807) is 0 Å². The number of hydrogen-bond acceptors (Lipinski definition) is 2. The fraction of sp³-hybridized carbons (Fsp3) is 0.938. The molecule has 0 heterocycles. The summed E-state index contributed by atoms with van der Waals surface area (Å²) in [6.07, 6.45) is 3.35. The van der Waals surface area contributed by atoms with Gasteiger partial charge in [-0.25, -0.2) is 0 Å². The zero-order valence-corrected chi connectivity index (χ0v) is 12.5. The van der Waals surface area contributed by atoms with Crippen molar-refractivity contribution in [2.75, 3.05) is 6.61 Å². The van der Waals surface area contributed by atoms with Crippen LogP contribution in [0.5, 0.6) is 0 Å². The third-order valence-electron chi connectivity index (χ3n) is 5.93. The van der Waals surface area contributed by atoms with E-state index >= 15 is 0 Å². The maximum atomic E-state index is 12.4. The van der Waals surface area contributed by atoms with Crippen molar-refractivity contribution in [2.24, 2.45) is 35.0 Å². The van der Waals surface area contributed by atoms with Gasteiger partial charge in [-0.1, -0.05) is 34.1 Å².